The van der Waals surface area contributed by atoms with Gasteiger partial charge in [0.25, 0.3) is 5.91 Å². The highest BCUT2D eigenvalue weighted by molar-refractivity contribution is 8.26. The van der Waals surface area contributed by atoms with E-state index in [9.17, 15) is 9.59 Å². The minimum absolute atomic E-state index is 0.248. The van der Waals surface area contributed by atoms with Gasteiger partial charge in [-0.2, -0.15) is 0 Å². The van der Waals surface area contributed by atoms with Crippen LogP contribution in [0, 0.1) is 0 Å². The largest absolute Gasteiger partial charge is 0.465 e. The number of methoxy groups -OCH3 is 1. The van der Waals surface area contributed by atoms with Crippen LogP contribution in [0.2, 0.25) is 5.02 Å². The van der Waals surface area contributed by atoms with Crippen molar-refractivity contribution in [1.82, 2.24) is 5.32 Å². The number of carbonyl (C=O) groups is 2. The number of ether oxygens (including phenoxy) is 1. The summed E-state index contributed by atoms with van der Waals surface area (Å²) in [6.07, 6.45) is 1.61. The fourth-order valence-corrected chi connectivity index (χ4v) is 3.30. The van der Waals surface area contributed by atoms with E-state index in [1.54, 1.807) is 36.4 Å². The molecule has 0 atom stereocenters. The summed E-state index contributed by atoms with van der Waals surface area (Å²) in [6.45, 7) is 0. The summed E-state index contributed by atoms with van der Waals surface area (Å²) in [5, 5.41) is 2.84. The predicted molar refractivity (Wildman–Crippen MR) is 96.8 cm³/mol. The third-order valence-corrected chi connectivity index (χ3v) is 4.69. The highest BCUT2D eigenvalue weighted by Gasteiger charge is 2.22. The van der Waals surface area contributed by atoms with Crippen molar-refractivity contribution in [3.63, 3.8) is 0 Å². The molecule has 1 aromatic carbocycles. The lowest BCUT2D eigenvalue weighted by Gasteiger charge is -2.04. The van der Waals surface area contributed by atoms with Gasteiger partial charge in [-0.25, -0.2) is 4.79 Å². The van der Waals surface area contributed by atoms with Crippen molar-refractivity contribution in [2.24, 2.45) is 0 Å². The summed E-state index contributed by atoms with van der Waals surface area (Å²) >= 11 is 12.1. The van der Waals surface area contributed by atoms with Crippen LogP contribution in [-0.4, -0.2) is 23.3 Å². The van der Waals surface area contributed by atoms with Crippen molar-refractivity contribution in [3.8, 4) is 11.3 Å². The third kappa shape index (κ3) is 3.38. The van der Waals surface area contributed by atoms with Gasteiger partial charge in [-0.15, -0.1) is 0 Å². The number of thiocarbonyl (C=S) groups is 1. The minimum atomic E-state index is -0.525. The van der Waals surface area contributed by atoms with E-state index in [-0.39, 0.29) is 11.5 Å². The number of hydrogen-bond donors (Lipinski definition) is 1. The van der Waals surface area contributed by atoms with Gasteiger partial charge in [0.05, 0.1) is 22.6 Å². The van der Waals surface area contributed by atoms with E-state index in [1.807, 2.05) is 0 Å². The number of carbonyl (C=O) groups excluding carboxylic acids is 2. The van der Waals surface area contributed by atoms with E-state index in [2.05, 4.69) is 5.32 Å². The van der Waals surface area contributed by atoms with Crippen LogP contribution in [-0.2, 0) is 9.53 Å². The number of furan rings is 1. The summed E-state index contributed by atoms with van der Waals surface area (Å²) in [5.74, 6) is 0.266. The van der Waals surface area contributed by atoms with E-state index in [4.69, 9.17) is 33.0 Å². The zero-order chi connectivity index (χ0) is 17.3. The van der Waals surface area contributed by atoms with Gasteiger partial charge in [0.2, 0.25) is 0 Å². The third-order valence-electron chi connectivity index (χ3n) is 3.20. The van der Waals surface area contributed by atoms with E-state index < -0.39 is 5.97 Å². The Labute approximate surface area is 152 Å². The molecule has 1 saturated heterocycles. The molecule has 0 radical (unpaired) electrons. The highest BCUT2D eigenvalue weighted by atomic mass is 35.5. The standard InChI is InChI=1S/C16H10ClNO4S2/c1-21-15(20)10-6-8(2-4-11(10)17)12-5-3-9(22-12)7-13-14(19)18-16(23)24-13/h2-7H,1H3,(H,18,19,23). The molecule has 8 heteroatoms. The molecule has 0 unspecified atom stereocenters. The molecule has 1 aromatic heterocycles. The first-order chi connectivity index (χ1) is 11.5. The van der Waals surface area contributed by atoms with Crippen molar-refractivity contribution < 1.29 is 18.7 Å². The lowest BCUT2D eigenvalue weighted by molar-refractivity contribution is -0.115. The van der Waals surface area contributed by atoms with Crippen LogP contribution >= 0.6 is 35.6 Å². The van der Waals surface area contributed by atoms with E-state index in [1.165, 1.54) is 18.9 Å². The summed E-state index contributed by atoms with van der Waals surface area (Å²) in [7, 11) is 1.29. The predicted octanol–water partition coefficient (Wildman–Crippen LogP) is 3.88. The molecule has 1 N–H and O–H groups in total. The Morgan fingerprint density at radius 1 is 1.38 bits per heavy atom. The Balaban J connectivity index is 1.91. The van der Waals surface area contributed by atoms with E-state index in [0.29, 0.717) is 31.3 Å². The fraction of sp³-hybridized carbons (Fsp3) is 0.0625. The van der Waals surface area contributed by atoms with Crippen molar-refractivity contribution in [1.29, 1.82) is 0 Å². The number of rotatable bonds is 3. The molecule has 0 bridgehead atoms. The van der Waals surface area contributed by atoms with Gasteiger partial charge in [-0.3, -0.25) is 4.79 Å². The Bertz CT molecular complexity index is 888. The molecule has 24 heavy (non-hydrogen) atoms. The van der Waals surface area contributed by atoms with Gasteiger partial charge in [0.1, 0.15) is 15.8 Å². The van der Waals surface area contributed by atoms with Crippen molar-refractivity contribution >= 4 is 57.9 Å². The Hall–Kier alpha value is -2.09. The first kappa shape index (κ1) is 16.8. The molecule has 1 aliphatic rings. The fourth-order valence-electron chi connectivity index (χ4n) is 2.08. The van der Waals surface area contributed by atoms with Gasteiger partial charge < -0.3 is 14.5 Å². The maximum atomic E-state index is 11.7. The van der Waals surface area contributed by atoms with Crippen LogP contribution in [0.1, 0.15) is 16.1 Å². The minimum Gasteiger partial charge on any atom is -0.465 e. The van der Waals surface area contributed by atoms with Crippen molar-refractivity contribution in [2.75, 3.05) is 7.11 Å². The van der Waals surface area contributed by atoms with Gasteiger partial charge in [0.15, 0.2) is 0 Å². The number of esters is 1. The van der Waals surface area contributed by atoms with Gasteiger partial charge in [-0.05, 0) is 30.3 Å². The van der Waals surface area contributed by atoms with Crippen LogP contribution in [0.4, 0.5) is 0 Å². The summed E-state index contributed by atoms with van der Waals surface area (Å²) < 4.78 is 10.8. The normalized spacial score (nSPS) is 15.7. The molecule has 1 amide bonds. The van der Waals surface area contributed by atoms with Crippen LogP contribution in [0.15, 0.2) is 39.7 Å². The lowest BCUT2D eigenvalue weighted by atomic mass is 10.1. The molecule has 1 fully saturated rings. The van der Waals surface area contributed by atoms with Gasteiger partial charge in [0, 0.05) is 11.6 Å². The summed E-state index contributed by atoms with van der Waals surface area (Å²) in [5.41, 5.74) is 0.924. The molecule has 1 aliphatic heterocycles. The number of amides is 1. The van der Waals surface area contributed by atoms with Crippen LogP contribution < -0.4 is 5.32 Å². The van der Waals surface area contributed by atoms with Crippen molar-refractivity contribution in [2.45, 2.75) is 0 Å². The molecule has 0 spiro atoms. The highest BCUT2D eigenvalue weighted by Crippen LogP contribution is 2.30. The van der Waals surface area contributed by atoms with Crippen molar-refractivity contribution in [3.05, 3.63) is 51.6 Å². The zero-order valence-electron chi connectivity index (χ0n) is 12.3. The van der Waals surface area contributed by atoms with Crippen LogP contribution in [0.5, 0.6) is 0 Å². The molecule has 0 aliphatic carbocycles. The molecule has 2 aromatic rings. The first-order valence-electron chi connectivity index (χ1n) is 6.71. The molecular weight excluding hydrogens is 370 g/mol. The SMILES string of the molecule is COC(=O)c1cc(-c2ccc(C=C3SC(=S)NC3=O)o2)ccc1Cl. The topological polar surface area (TPSA) is 68.5 Å². The lowest BCUT2D eigenvalue weighted by Crippen LogP contribution is -2.17. The average molecular weight is 380 g/mol. The molecule has 0 saturated carbocycles. The maximum absolute atomic E-state index is 11.7. The number of thioether (sulfide) groups is 1. The number of nitrogens with one attached hydrogen (secondary N) is 1. The number of halogens is 1. The molecular formula is C16H10ClNO4S2. The van der Waals surface area contributed by atoms with E-state index >= 15 is 0 Å². The molecule has 5 nitrogen and oxygen atoms in total. The first-order valence-corrected chi connectivity index (χ1v) is 8.31. The second kappa shape index (κ2) is 6.80. The monoisotopic (exact) mass is 379 g/mol. The van der Waals surface area contributed by atoms with Crippen LogP contribution in [0.3, 0.4) is 0 Å². The maximum Gasteiger partial charge on any atom is 0.339 e. The van der Waals surface area contributed by atoms with Crippen LogP contribution in [0.25, 0.3) is 17.4 Å². The quantitative estimate of drug-likeness (QED) is 0.496. The number of benzene rings is 1. The summed E-state index contributed by atoms with van der Waals surface area (Å²) in [6, 6.07) is 8.39. The Morgan fingerprint density at radius 2 is 2.17 bits per heavy atom. The average Bonchev–Trinajstić information content (AvgIpc) is 3.14. The van der Waals surface area contributed by atoms with Gasteiger partial charge in [-0.1, -0.05) is 35.6 Å². The molecule has 2 heterocycles. The number of hydrogen-bond acceptors (Lipinski definition) is 6. The Morgan fingerprint density at radius 3 is 2.83 bits per heavy atom. The second-order valence-corrected chi connectivity index (χ2v) is 6.87. The Kier molecular flexibility index (Phi) is 4.75. The second-order valence-electron chi connectivity index (χ2n) is 4.74. The molecule has 122 valence electrons. The summed E-state index contributed by atoms with van der Waals surface area (Å²) in [4.78, 5) is 23.8. The smallest absolute Gasteiger partial charge is 0.339 e. The molecule has 3 rings (SSSR count). The van der Waals surface area contributed by atoms with Gasteiger partial charge >= 0.3 is 5.97 Å². The zero-order valence-corrected chi connectivity index (χ0v) is 14.7. The van der Waals surface area contributed by atoms with E-state index in [0.717, 1.165) is 0 Å².